The average Bonchev–Trinajstić information content (AvgIpc) is 3.50. The maximum absolute atomic E-state index is 11.5. The molecule has 6 nitrogen and oxygen atoms in total. The monoisotopic (exact) mass is 477 g/mol. The van der Waals surface area contributed by atoms with Crippen molar-refractivity contribution >= 4 is 35.8 Å². The zero-order chi connectivity index (χ0) is 17.6. The lowest BCUT2D eigenvalue weighted by Gasteiger charge is -2.32. The highest BCUT2D eigenvalue weighted by atomic mass is 127. The predicted octanol–water partition coefficient (Wildman–Crippen LogP) is 1.81. The quantitative estimate of drug-likeness (QED) is 0.284. The normalized spacial score (nSPS) is 22.0. The maximum Gasteiger partial charge on any atom is 0.233 e. The van der Waals surface area contributed by atoms with Crippen molar-refractivity contribution < 1.29 is 4.79 Å². The lowest BCUT2D eigenvalue weighted by atomic mass is 9.98. The van der Waals surface area contributed by atoms with Gasteiger partial charge in [-0.2, -0.15) is 0 Å². The number of carbonyl (C=O) groups excluding carboxylic acids is 1. The summed E-state index contributed by atoms with van der Waals surface area (Å²) in [4.78, 5) is 18.7. The van der Waals surface area contributed by atoms with Crippen molar-refractivity contribution in [3.05, 3.63) is 0 Å². The number of likely N-dealkylation sites (N-methyl/N-ethyl adjacent to an activating group) is 1. The number of nitrogens with one attached hydrogen (secondary N) is 3. The molecule has 0 spiro atoms. The lowest BCUT2D eigenvalue weighted by molar-refractivity contribution is -0.122. The van der Waals surface area contributed by atoms with Gasteiger partial charge in [0.1, 0.15) is 0 Å². The second-order valence-corrected chi connectivity index (χ2v) is 7.93. The molecule has 2 saturated carbocycles. The second kappa shape index (κ2) is 10.7. The fourth-order valence-electron chi connectivity index (χ4n) is 3.96. The van der Waals surface area contributed by atoms with Crippen molar-refractivity contribution in [3.63, 3.8) is 0 Å². The summed E-state index contributed by atoms with van der Waals surface area (Å²) in [5, 5.41) is 9.75. The van der Waals surface area contributed by atoms with Gasteiger partial charge < -0.3 is 16.0 Å². The summed E-state index contributed by atoms with van der Waals surface area (Å²) in [7, 11) is 1.70. The molecule has 0 aromatic carbocycles. The highest BCUT2D eigenvalue weighted by Crippen LogP contribution is 2.49. The number of aliphatic imine (C=N–C) groups is 1. The van der Waals surface area contributed by atoms with E-state index in [-0.39, 0.29) is 29.9 Å². The molecular formula is C19H36IN5O. The van der Waals surface area contributed by atoms with Crippen LogP contribution in [0.1, 0.15) is 45.4 Å². The van der Waals surface area contributed by atoms with Gasteiger partial charge in [0.05, 0.1) is 6.54 Å². The number of rotatable bonds is 8. The van der Waals surface area contributed by atoms with Crippen LogP contribution in [0.5, 0.6) is 0 Å². The van der Waals surface area contributed by atoms with Crippen molar-refractivity contribution in [1.82, 2.24) is 20.9 Å². The van der Waals surface area contributed by atoms with Gasteiger partial charge in [0.2, 0.25) is 5.91 Å². The Morgan fingerprint density at radius 2 is 1.73 bits per heavy atom. The zero-order valence-electron chi connectivity index (χ0n) is 16.3. The third kappa shape index (κ3) is 6.87. The van der Waals surface area contributed by atoms with Crippen molar-refractivity contribution in [2.75, 3.05) is 39.8 Å². The van der Waals surface area contributed by atoms with Crippen LogP contribution in [0, 0.1) is 17.8 Å². The Hall–Kier alpha value is -0.570. The molecule has 26 heavy (non-hydrogen) atoms. The highest BCUT2D eigenvalue weighted by molar-refractivity contribution is 14.0. The predicted molar refractivity (Wildman–Crippen MR) is 117 cm³/mol. The molecular weight excluding hydrogens is 441 g/mol. The van der Waals surface area contributed by atoms with Crippen LogP contribution in [-0.2, 0) is 4.79 Å². The summed E-state index contributed by atoms with van der Waals surface area (Å²) >= 11 is 0. The minimum absolute atomic E-state index is 0. The maximum atomic E-state index is 11.5. The molecule has 3 aliphatic rings. The Labute approximate surface area is 175 Å². The van der Waals surface area contributed by atoms with Crippen molar-refractivity contribution in [1.29, 1.82) is 0 Å². The molecule has 0 atom stereocenters. The fourth-order valence-corrected chi connectivity index (χ4v) is 3.96. The van der Waals surface area contributed by atoms with Crippen LogP contribution in [-0.4, -0.2) is 62.6 Å². The smallest absolute Gasteiger partial charge is 0.233 e. The minimum atomic E-state index is 0. The van der Waals surface area contributed by atoms with Gasteiger partial charge >= 0.3 is 0 Å². The van der Waals surface area contributed by atoms with E-state index >= 15 is 0 Å². The van der Waals surface area contributed by atoms with Crippen molar-refractivity contribution in [2.45, 2.75) is 51.5 Å². The lowest BCUT2D eigenvalue weighted by Crippen LogP contribution is -2.50. The van der Waals surface area contributed by atoms with Gasteiger partial charge in [0.25, 0.3) is 0 Å². The first-order valence-electron chi connectivity index (χ1n) is 10.2. The number of piperidine rings is 1. The molecule has 150 valence electrons. The number of hydrogen-bond acceptors (Lipinski definition) is 3. The molecule has 1 saturated heterocycles. The summed E-state index contributed by atoms with van der Waals surface area (Å²) in [6.45, 7) is 6.47. The van der Waals surface area contributed by atoms with Crippen LogP contribution in [0.25, 0.3) is 0 Å². The number of nitrogens with zero attached hydrogens (tertiary/aromatic N) is 2. The van der Waals surface area contributed by atoms with Crippen LogP contribution in [0.3, 0.4) is 0 Å². The van der Waals surface area contributed by atoms with Gasteiger partial charge in [-0.05, 0) is 63.2 Å². The number of likely N-dealkylation sites (tertiary alicyclic amines) is 1. The molecule has 0 radical (unpaired) electrons. The van der Waals surface area contributed by atoms with E-state index in [1.165, 1.54) is 25.7 Å². The average molecular weight is 477 g/mol. The van der Waals surface area contributed by atoms with Gasteiger partial charge in [-0.25, -0.2) is 0 Å². The molecule has 0 bridgehead atoms. The molecule has 7 heteroatoms. The first-order valence-corrected chi connectivity index (χ1v) is 10.2. The summed E-state index contributed by atoms with van der Waals surface area (Å²) in [5.74, 6) is 3.81. The third-order valence-corrected chi connectivity index (χ3v) is 5.83. The number of halogens is 1. The molecule has 0 unspecified atom stereocenters. The summed E-state index contributed by atoms with van der Waals surface area (Å²) in [6.07, 6.45) is 7.82. The topological polar surface area (TPSA) is 68.8 Å². The van der Waals surface area contributed by atoms with E-state index in [0.29, 0.717) is 12.6 Å². The van der Waals surface area contributed by atoms with E-state index in [0.717, 1.165) is 62.7 Å². The molecule has 1 heterocycles. The third-order valence-electron chi connectivity index (χ3n) is 5.83. The molecule has 3 rings (SSSR count). The van der Waals surface area contributed by atoms with E-state index in [1.807, 2.05) is 0 Å². The SMILES string of the molecule is CCNC(=NCC(C1CC1)C1CC1)NC1CCN(CC(=O)NC)CC1.I. The molecule has 0 aromatic rings. The number of hydrogen-bond donors (Lipinski definition) is 3. The first-order chi connectivity index (χ1) is 12.2. The Kier molecular flexibility index (Phi) is 8.93. The number of amides is 1. The number of guanidine groups is 1. The summed E-state index contributed by atoms with van der Waals surface area (Å²) in [6, 6.07) is 0.457. The van der Waals surface area contributed by atoms with Crippen molar-refractivity contribution in [3.8, 4) is 0 Å². The Morgan fingerprint density at radius 3 is 2.23 bits per heavy atom. The van der Waals surface area contributed by atoms with Gasteiger partial charge in [-0.1, -0.05) is 0 Å². The van der Waals surface area contributed by atoms with Crippen LogP contribution >= 0.6 is 24.0 Å². The van der Waals surface area contributed by atoms with Crippen LogP contribution < -0.4 is 16.0 Å². The van der Waals surface area contributed by atoms with Crippen LogP contribution in [0.15, 0.2) is 4.99 Å². The summed E-state index contributed by atoms with van der Waals surface area (Å²) < 4.78 is 0. The highest BCUT2D eigenvalue weighted by Gasteiger charge is 2.41. The summed E-state index contributed by atoms with van der Waals surface area (Å²) in [5.41, 5.74) is 0. The Morgan fingerprint density at radius 1 is 1.12 bits per heavy atom. The molecule has 2 aliphatic carbocycles. The van der Waals surface area contributed by atoms with Gasteiger partial charge in [0.15, 0.2) is 5.96 Å². The van der Waals surface area contributed by atoms with E-state index in [2.05, 4.69) is 27.8 Å². The van der Waals surface area contributed by atoms with Gasteiger partial charge in [0, 0.05) is 39.3 Å². The second-order valence-electron chi connectivity index (χ2n) is 7.93. The van der Waals surface area contributed by atoms with E-state index in [9.17, 15) is 4.79 Å². The zero-order valence-corrected chi connectivity index (χ0v) is 18.6. The molecule has 1 amide bonds. The standard InChI is InChI=1S/C19H35N5O.HI/c1-3-21-19(22-12-17(14-4-5-14)15-6-7-15)23-16-8-10-24(11-9-16)13-18(25)20-2;/h14-17H,3-13H2,1-2H3,(H,20,25)(H2,21,22,23);1H. The largest absolute Gasteiger partial charge is 0.358 e. The van der Waals surface area contributed by atoms with Crippen molar-refractivity contribution in [2.24, 2.45) is 22.7 Å². The minimum Gasteiger partial charge on any atom is -0.358 e. The van der Waals surface area contributed by atoms with Gasteiger partial charge in [-0.3, -0.25) is 14.7 Å². The van der Waals surface area contributed by atoms with Crippen LogP contribution in [0.4, 0.5) is 0 Å². The van der Waals surface area contributed by atoms with E-state index in [1.54, 1.807) is 7.05 Å². The van der Waals surface area contributed by atoms with Crippen LogP contribution in [0.2, 0.25) is 0 Å². The first kappa shape index (κ1) is 21.7. The Bertz CT molecular complexity index is 459. The van der Waals surface area contributed by atoms with E-state index in [4.69, 9.17) is 4.99 Å². The molecule has 3 N–H and O–H groups in total. The van der Waals surface area contributed by atoms with E-state index < -0.39 is 0 Å². The van der Waals surface area contributed by atoms with Gasteiger partial charge in [-0.15, -0.1) is 24.0 Å². The Balaban J connectivity index is 0.00000243. The molecule has 3 fully saturated rings. The fraction of sp³-hybridized carbons (Fsp3) is 0.895. The number of carbonyl (C=O) groups is 1. The molecule has 1 aliphatic heterocycles. The molecule has 0 aromatic heterocycles.